The summed E-state index contributed by atoms with van der Waals surface area (Å²) in [6.45, 7) is 9.02. The van der Waals surface area contributed by atoms with Crippen LogP contribution < -0.4 is 15.4 Å². The molecule has 1 aromatic rings. The number of benzene rings is 1. The molecule has 2 amide bonds. The first-order valence-electron chi connectivity index (χ1n) is 9.24. The molecule has 0 bridgehead atoms. The van der Waals surface area contributed by atoms with Crippen molar-refractivity contribution in [3.05, 3.63) is 42.0 Å². The quantitative estimate of drug-likeness (QED) is 0.797. The van der Waals surface area contributed by atoms with Crippen LogP contribution in [0.1, 0.15) is 50.9 Å². The number of amides is 2. The largest absolute Gasteiger partial charge is 0.489 e. The molecule has 1 heterocycles. The molecule has 0 saturated heterocycles. The van der Waals surface area contributed by atoms with Crippen LogP contribution in [-0.2, 0) is 4.79 Å². The molecule has 0 saturated carbocycles. The summed E-state index contributed by atoms with van der Waals surface area (Å²) >= 11 is 0. The van der Waals surface area contributed by atoms with Gasteiger partial charge < -0.3 is 15.4 Å². The highest BCUT2D eigenvalue weighted by Gasteiger charge is 2.23. The number of nitrogens with one attached hydrogen (secondary N) is 2. The van der Waals surface area contributed by atoms with Crippen molar-refractivity contribution in [1.29, 1.82) is 0 Å². The van der Waals surface area contributed by atoms with E-state index in [1.807, 2.05) is 38.1 Å². The molecule has 1 aliphatic heterocycles. The first kappa shape index (κ1) is 20.0. The van der Waals surface area contributed by atoms with Crippen LogP contribution in [-0.4, -0.2) is 31.0 Å². The van der Waals surface area contributed by atoms with Crippen LogP contribution in [0.5, 0.6) is 5.75 Å². The Balaban J connectivity index is 2.26. The van der Waals surface area contributed by atoms with Gasteiger partial charge in [0.1, 0.15) is 12.4 Å². The molecule has 1 aliphatic rings. The van der Waals surface area contributed by atoms with Gasteiger partial charge in [0.2, 0.25) is 5.91 Å². The first-order chi connectivity index (χ1) is 12.3. The molecule has 0 aromatic heterocycles. The van der Waals surface area contributed by atoms with Crippen molar-refractivity contribution >= 4 is 11.8 Å². The summed E-state index contributed by atoms with van der Waals surface area (Å²) < 4.78 is 5.77. The number of carbonyl (C=O) groups excluding carboxylic acids is 2. The summed E-state index contributed by atoms with van der Waals surface area (Å²) in [5, 5.41) is 6.02. The highest BCUT2D eigenvalue weighted by Crippen LogP contribution is 2.23. The van der Waals surface area contributed by atoms with Gasteiger partial charge in [0.25, 0.3) is 5.91 Å². The fourth-order valence-corrected chi connectivity index (χ4v) is 3.11. The van der Waals surface area contributed by atoms with Gasteiger partial charge in [-0.05, 0) is 29.9 Å². The molecule has 2 N–H and O–H groups in total. The highest BCUT2D eigenvalue weighted by atomic mass is 16.5. The maximum Gasteiger partial charge on any atom is 0.255 e. The second-order valence-corrected chi connectivity index (χ2v) is 7.98. The van der Waals surface area contributed by atoms with Crippen molar-refractivity contribution in [2.45, 2.75) is 46.6 Å². The van der Waals surface area contributed by atoms with E-state index < -0.39 is 0 Å². The van der Waals surface area contributed by atoms with E-state index >= 15 is 0 Å². The standard InChI is InChI=1S/C21H30N2O3/c1-15(2)12-16-14-22-20(25)17-8-5-6-9-18(17)26-11-7-10-21(3,4)13-19(24)23-16/h5-10,15-16H,11-14H2,1-4H3,(H,22,25)(H,23,24)/b10-7-/t16-/m0/s1. The molecular formula is C21H30N2O3. The van der Waals surface area contributed by atoms with E-state index in [2.05, 4.69) is 24.5 Å². The van der Waals surface area contributed by atoms with Crippen LogP contribution in [0.2, 0.25) is 0 Å². The van der Waals surface area contributed by atoms with Crippen LogP contribution in [0.15, 0.2) is 36.4 Å². The Labute approximate surface area is 156 Å². The third-order valence-electron chi connectivity index (χ3n) is 4.28. The minimum Gasteiger partial charge on any atom is -0.489 e. The molecule has 5 heteroatoms. The fraction of sp³-hybridized carbons (Fsp3) is 0.524. The second-order valence-electron chi connectivity index (χ2n) is 7.98. The van der Waals surface area contributed by atoms with Crippen molar-refractivity contribution in [2.24, 2.45) is 11.3 Å². The SMILES string of the molecule is CC(C)C[C@H]1CNC(=O)c2ccccc2OC/C=C\C(C)(C)CC(=O)N1. The van der Waals surface area contributed by atoms with E-state index in [4.69, 9.17) is 4.74 Å². The van der Waals surface area contributed by atoms with E-state index in [1.165, 1.54) is 0 Å². The molecule has 26 heavy (non-hydrogen) atoms. The summed E-state index contributed by atoms with van der Waals surface area (Å²) in [5.74, 6) is 0.788. The highest BCUT2D eigenvalue weighted by molar-refractivity contribution is 5.97. The van der Waals surface area contributed by atoms with Gasteiger partial charge in [-0.25, -0.2) is 0 Å². The molecular weight excluding hydrogens is 328 g/mol. The number of fused-ring (bicyclic) bond motifs is 1. The molecule has 0 unspecified atom stereocenters. The lowest BCUT2D eigenvalue weighted by molar-refractivity contribution is -0.123. The Kier molecular flexibility index (Phi) is 6.83. The number of allylic oxidation sites excluding steroid dienone is 1. The summed E-state index contributed by atoms with van der Waals surface area (Å²) in [5.41, 5.74) is 0.245. The van der Waals surface area contributed by atoms with E-state index in [9.17, 15) is 9.59 Å². The Morgan fingerprint density at radius 1 is 1.23 bits per heavy atom. The van der Waals surface area contributed by atoms with Gasteiger partial charge >= 0.3 is 0 Å². The summed E-state index contributed by atoms with van der Waals surface area (Å²) in [6.07, 6.45) is 5.10. The van der Waals surface area contributed by atoms with Crippen molar-refractivity contribution in [3.8, 4) is 5.75 Å². The van der Waals surface area contributed by atoms with Crippen molar-refractivity contribution in [2.75, 3.05) is 13.2 Å². The predicted molar refractivity (Wildman–Crippen MR) is 103 cm³/mol. The third-order valence-corrected chi connectivity index (χ3v) is 4.28. The zero-order chi connectivity index (χ0) is 19.2. The lowest BCUT2D eigenvalue weighted by atomic mass is 9.88. The van der Waals surface area contributed by atoms with Gasteiger partial charge in [-0.3, -0.25) is 9.59 Å². The number of ether oxygens (including phenoxy) is 1. The monoisotopic (exact) mass is 358 g/mol. The van der Waals surface area contributed by atoms with Crippen molar-refractivity contribution < 1.29 is 14.3 Å². The molecule has 2 rings (SSSR count). The molecule has 0 spiro atoms. The molecule has 1 atom stereocenters. The number of para-hydroxylation sites is 1. The number of hydrogen-bond acceptors (Lipinski definition) is 3. The van der Waals surface area contributed by atoms with E-state index in [1.54, 1.807) is 12.1 Å². The van der Waals surface area contributed by atoms with E-state index in [0.717, 1.165) is 6.42 Å². The van der Waals surface area contributed by atoms with Gasteiger partial charge in [-0.2, -0.15) is 0 Å². The van der Waals surface area contributed by atoms with Gasteiger partial charge in [0.05, 0.1) is 5.56 Å². The van der Waals surface area contributed by atoms with Gasteiger partial charge in [-0.15, -0.1) is 0 Å². The van der Waals surface area contributed by atoms with Crippen LogP contribution >= 0.6 is 0 Å². The molecule has 0 radical (unpaired) electrons. The Morgan fingerprint density at radius 2 is 1.96 bits per heavy atom. The van der Waals surface area contributed by atoms with Gasteiger partial charge in [0.15, 0.2) is 0 Å². The van der Waals surface area contributed by atoms with Crippen LogP contribution in [0, 0.1) is 11.3 Å². The Morgan fingerprint density at radius 3 is 2.69 bits per heavy atom. The third kappa shape index (κ3) is 6.21. The predicted octanol–water partition coefficient (Wildman–Crippen LogP) is 3.31. The second kappa shape index (κ2) is 8.88. The maximum absolute atomic E-state index is 12.6. The lowest BCUT2D eigenvalue weighted by Crippen LogP contribution is -2.45. The average molecular weight is 358 g/mol. The van der Waals surface area contributed by atoms with Crippen LogP contribution in [0.25, 0.3) is 0 Å². The lowest BCUT2D eigenvalue weighted by Gasteiger charge is -2.25. The number of rotatable bonds is 2. The van der Waals surface area contributed by atoms with Gasteiger partial charge in [-0.1, -0.05) is 52.0 Å². The maximum atomic E-state index is 12.6. The molecule has 0 aliphatic carbocycles. The van der Waals surface area contributed by atoms with Crippen molar-refractivity contribution in [1.82, 2.24) is 10.6 Å². The number of hydrogen-bond donors (Lipinski definition) is 2. The fourth-order valence-electron chi connectivity index (χ4n) is 3.11. The van der Waals surface area contributed by atoms with Gasteiger partial charge in [0, 0.05) is 19.0 Å². The van der Waals surface area contributed by atoms with Crippen molar-refractivity contribution in [3.63, 3.8) is 0 Å². The number of carbonyl (C=O) groups is 2. The average Bonchev–Trinajstić information content (AvgIpc) is 2.55. The molecule has 5 nitrogen and oxygen atoms in total. The zero-order valence-corrected chi connectivity index (χ0v) is 16.2. The minimum absolute atomic E-state index is 0.00192. The minimum atomic E-state index is -0.261. The van der Waals surface area contributed by atoms with Crippen LogP contribution in [0.4, 0.5) is 0 Å². The topological polar surface area (TPSA) is 67.4 Å². The summed E-state index contributed by atoms with van der Waals surface area (Å²) in [7, 11) is 0. The summed E-state index contributed by atoms with van der Waals surface area (Å²) in [4.78, 5) is 25.0. The normalized spacial score (nSPS) is 22.4. The smallest absolute Gasteiger partial charge is 0.255 e. The first-order valence-corrected chi connectivity index (χ1v) is 9.24. The Hall–Kier alpha value is -2.30. The summed E-state index contributed by atoms with van der Waals surface area (Å²) in [6, 6.07) is 7.12. The van der Waals surface area contributed by atoms with Crippen LogP contribution in [0.3, 0.4) is 0 Å². The molecule has 0 fully saturated rings. The Bertz CT molecular complexity index is 665. The van der Waals surface area contributed by atoms with E-state index in [-0.39, 0.29) is 23.3 Å². The molecule has 1 aromatic carbocycles. The zero-order valence-electron chi connectivity index (χ0n) is 16.2. The van der Waals surface area contributed by atoms with E-state index in [0.29, 0.717) is 36.8 Å². The molecule has 142 valence electrons.